The van der Waals surface area contributed by atoms with Crippen molar-refractivity contribution in [2.45, 2.75) is 43.1 Å². The van der Waals surface area contributed by atoms with Gasteiger partial charge in [0.25, 0.3) is 0 Å². The van der Waals surface area contributed by atoms with E-state index in [9.17, 15) is 19.1 Å². The van der Waals surface area contributed by atoms with Gasteiger partial charge in [-0.25, -0.2) is 13.2 Å². The molecule has 10 nitrogen and oxygen atoms in total. The van der Waals surface area contributed by atoms with Gasteiger partial charge in [0.1, 0.15) is 53.7 Å². The number of aliphatic hydroxyl groups is 1. The maximum Gasteiger partial charge on any atom is 0.319 e. The topological polar surface area (TPSA) is 130 Å². The summed E-state index contributed by atoms with van der Waals surface area (Å²) in [5, 5.41) is 21.1. The third kappa shape index (κ3) is 4.40. The second-order valence-corrected chi connectivity index (χ2v) is 13.6. The minimum absolute atomic E-state index is 0.00357. The van der Waals surface area contributed by atoms with Crippen LogP contribution in [0.2, 0.25) is 5.02 Å². The van der Waals surface area contributed by atoms with Gasteiger partial charge in [0.05, 0.1) is 45.5 Å². The molecule has 0 saturated carbocycles. The number of aliphatic hydroxyl groups excluding tert-OH is 1. The van der Waals surface area contributed by atoms with Crippen molar-refractivity contribution in [3.63, 3.8) is 0 Å². The van der Waals surface area contributed by atoms with Crippen LogP contribution in [0.1, 0.15) is 24.8 Å². The van der Waals surface area contributed by atoms with Gasteiger partial charge in [0, 0.05) is 30.5 Å². The normalized spacial score (nSPS) is 26.0. The van der Waals surface area contributed by atoms with Gasteiger partial charge < -0.3 is 30.0 Å². The highest BCUT2D eigenvalue weighted by Crippen LogP contribution is 2.51. The number of anilines is 2. The molecule has 0 amide bonds. The van der Waals surface area contributed by atoms with Crippen LogP contribution in [0.15, 0.2) is 12.1 Å². The van der Waals surface area contributed by atoms with E-state index in [-0.39, 0.29) is 91.7 Å². The molecule has 8 rings (SSSR count). The van der Waals surface area contributed by atoms with Crippen LogP contribution in [0.5, 0.6) is 11.8 Å². The molecule has 0 radical (unpaired) electrons. The van der Waals surface area contributed by atoms with Crippen LogP contribution in [0.3, 0.4) is 0 Å². The van der Waals surface area contributed by atoms with Crippen LogP contribution in [0.25, 0.3) is 32.1 Å². The molecule has 15 heteroatoms. The quantitative estimate of drug-likeness (QED) is 0.312. The third-order valence-corrected chi connectivity index (χ3v) is 11.0. The minimum atomic E-state index is -0.969. The van der Waals surface area contributed by atoms with E-state index in [1.54, 1.807) is 4.90 Å². The van der Waals surface area contributed by atoms with E-state index in [2.05, 4.69) is 9.88 Å². The van der Waals surface area contributed by atoms with E-state index in [1.807, 2.05) is 6.07 Å². The van der Waals surface area contributed by atoms with Crippen LogP contribution in [0, 0.1) is 23.0 Å². The number of alkyl halides is 1. The molecule has 0 spiro atoms. The number of ether oxygens (including phenoxy) is 3. The molecule has 4 aromatic rings. The molecular weight excluding hydrogens is 645 g/mol. The summed E-state index contributed by atoms with van der Waals surface area (Å²) < 4.78 is 64.6. The van der Waals surface area contributed by atoms with Gasteiger partial charge in [-0.05, 0) is 31.0 Å². The fraction of sp³-hybridized carbons (Fsp3) is 0.452. The highest BCUT2D eigenvalue weighted by molar-refractivity contribution is 7.23. The number of halogens is 4. The number of aromatic nitrogens is 2. The zero-order valence-electron chi connectivity index (χ0n) is 24.4. The first-order valence-corrected chi connectivity index (χ1v) is 16.2. The van der Waals surface area contributed by atoms with Crippen molar-refractivity contribution >= 4 is 54.7 Å². The first-order valence-electron chi connectivity index (χ1n) is 15.0. The summed E-state index contributed by atoms with van der Waals surface area (Å²) >= 11 is 7.86. The van der Waals surface area contributed by atoms with Gasteiger partial charge in [0.15, 0.2) is 11.6 Å². The van der Waals surface area contributed by atoms with Crippen LogP contribution in [-0.4, -0.2) is 89.9 Å². The van der Waals surface area contributed by atoms with E-state index in [4.69, 9.17) is 36.5 Å². The number of nitrogen functional groups attached to an aromatic ring is 1. The molecule has 4 aliphatic rings. The average Bonchev–Trinajstić information content (AvgIpc) is 3.59. The van der Waals surface area contributed by atoms with Crippen molar-refractivity contribution in [1.29, 1.82) is 5.26 Å². The summed E-state index contributed by atoms with van der Waals surface area (Å²) in [4.78, 5) is 13.1. The number of nitrogens with two attached hydrogens (primary N) is 1. The smallest absolute Gasteiger partial charge is 0.319 e. The molecule has 3 fully saturated rings. The van der Waals surface area contributed by atoms with Crippen molar-refractivity contribution in [2.75, 3.05) is 56.7 Å². The van der Waals surface area contributed by atoms with E-state index in [0.29, 0.717) is 19.5 Å². The summed E-state index contributed by atoms with van der Waals surface area (Å²) in [5.41, 5.74) is 5.37. The van der Waals surface area contributed by atoms with Crippen molar-refractivity contribution in [3.8, 4) is 29.0 Å². The zero-order valence-corrected chi connectivity index (χ0v) is 25.9. The summed E-state index contributed by atoms with van der Waals surface area (Å²) in [7, 11) is 0. The highest BCUT2D eigenvalue weighted by Gasteiger charge is 2.49. The standard InChI is InChI=1S/C31H28ClF3N6O4S/c32-23-21(15-2-3-17(34)27-20(15)16(9-36)28(37)46-27)24(35)25-22-26(23)44-11-18-19(42)12-43-7-6-41(18)29(22)39-30(38-25)45-13-31-4-1-5-40(31)10-14(33)8-31/h2-3,14,18-19,42H,1,4-8,10-13,37H2/t14-,18?,19?,31+/m1/s1. The average molecular weight is 673 g/mol. The number of hydrogen-bond donors (Lipinski definition) is 2. The Bertz CT molecular complexity index is 1960. The molecule has 0 aliphatic carbocycles. The monoisotopic (exact) mass is 672 g/mol. The predicted octanol–water partition coefficient (Wildman–Crippen LogP) is 4.81. The van der Waals surface area contributed by atoms with Gasteiger partial charge >= 0.3 is 6.01 Å². The molecule has 4 aliphatic heterocycles. The third-order valence-electron chi connectivity index (χ3n) is 9.65. The van der Waals surface area contributed by atoms with Crippen LogP contribution in [0.4, 0.5) is 24.0 Å². The van der Waals surface area contributed by atoms with Gasteiger partial charge in [-0.15, -0.1) is 11.3 Å². The number of nitrogens with zero attached hydrogens (tertiary/aromatic N) is 5. The maximum absolute atomic E-state index is 17.1. The Balaban J connectivity index is 1.35. The lowest BCUT2D eigenvalue weighted by atomic mass is 9.95. The lowest BCUT2D eigenvalue weighted by Crippen LogP contribution is -2.47. The highest BCUT2D eigenvalue weighted by atomic mass is 35.5. The fourth-order valence-corrected chi connectivity index (χ4v) is 8.80. The lowest BCUT2D eigenvalue weighted by molar-refractivity contribution is 0.0358. The second-order valence-electron chi connectivity index (χ2n) is 12.2. The van der Waals surface area contributed by atoms with Crippen LogP contribution in [-0.2, 0) is 4.74 Å². The molecular formula is C31H28ClF3N6O4S. The predicted molar refractivity (Wildman–Crippen MR) is 166 cm³/mol. The second kappa shape index (κ2) is 11.0. The van der Waals surface area contributed by atoms with E-state index >= 15 is 4.39 Å². The maximum atomic E-state index is 17.1. The number of nitriles is 1. The Morgan fingerprint density at radius 1 is 1.24 bits per heavy atom. The van der Waals surface area contributed by atoms with Crippen molar-refractivity contribution in [3.05, 3.63) is 34.4 Å². The number of hydrogen-bond acceptors (Lipinski definition) is 11. The Morgan fingerprint density at radius 2 is 2.09 bits per heavy atom. The summed E-state index contributed by atoms with van der Waals surface area (Å²) in [6, 6.07) is 3.76. The van der Waals surface area contributed by atoms with Gasteiger partial charge in [-0.1, -0.05) is 17.7 Å². The van der Waals surface area contributed by atoms with Gasteiger partial charge in [0.2, 0.25) is 0 Å². The van der Waals surface area contributed by atoms with Crippen LogP contribution < -0.4 is 20.1 Å². The molecule has 0 bridgehead atoms. The summed E-state index contributed by atoms with van der Waals surface area (Å²) in [6.07, 6.45) is 0.0497. The molecule has 2 aromatic heterocycles. The molecule has 2 aromatic carbocycles. The minimum Gasteiger partial charge on any atom is -0.489 e. The Morgan fingerprint density at radius 3 is 2.91 bits per heavy atom. The Hall–Kier alpha value is -3.61. The summed E-state index contributed by atoms with van der Waals surface area (Å²) in [6.45, 7) is 1.79. The van der Waals surface area contributed by atoms with Gasteiger partial charge in [-0.3, -0.25) is 4.90 Å². The Kier molecular flexibility index (Phi) is 7.11. The van der Waals surface area contributed by atoms with E-state index < -0.39 is 35.5 Å². The van der Waals surface area contributed by atoms with E-state index in [0.717, 1.165) is 30.7 Å². The SMILES string of the molecule is N#Cc1c(N)sc2c(F)ccc(-c3c(Cl)c4c5c(nc(OC[C@@]67CCCN6C[C@H](F)C7)nc5c3F)N3CCOCC(O)C3CO4)c12. The lowest BCUT2D eigenvalue weighted by Gasteiger charge is -2.32. The summed E-state index contributed by atoms with van der Waals surface area (Å²) in [5.74, 6) is -1.16. The van der Waals surface area contributed by atoms with Crippen molar-refractivity contribution < 1.29 is 32.5 Å². The first-order chi connectivity index (χ1) is 22.2. The molecule has 240 valence electrons. The fourth-order valence-electron chi connectivity index (χ4n) is 7.52. The number of thiophene rings is 1. The number of benzene rings is 2. The van der Waals surface area contributed by atoms with Crippen LogP contribution >= 0.6 is 22.9 Å². The molecule has 3 N–H and O–H groups in total. The first kappa shape index (κ1) is 29.8. The molecule has 2 unspecified atom stereocenters. The molecule has 3 saturated heterocycles. The van der Waals surface area contributed by atoms with Crippen molar-refractivity contribution in [1.82, 2.24) is 14.9 Å². The zero-order chi connectivity index (χ0) is 31.9. The molecule has 4 atom stereocenters. The number of rotatable bonds is 4. The molecule has 6 heterocycles. The molecule has 46 heavy (non-hydrogen) atoms. The van der Waals surface area contributed by atoms with E-state index in [1.165, 1.54) is 12.1 Å². The van der Waals surface area contributed by atoms with Gasteiger partial charge in [-0.2, -0.15) is 15.2 Å². The van der Waals surface area contributed by atoms with Crippen molar-refractivity contribution in [2.24, 2.45) is 0 Å². The number of fused-ring (bicyclic) bond motifs is 4. The largest absolute Gasteiger partial charge is 0.489 e. The Labute approximate surface area is 270 Å².